The first-order chi connectivity index (χ1) is 13.8. The molecule has 156 valence electrons. The Morgan fingerprint density at radius 2 is 1.97 bits per heavy atom. The molecule has 9 heteroatoms. The summed E-state index contributed by atoms with van der Waals surface area (Å²) in [7, 11) is -1.47. The first-order valence-corrected chi connectivity index (χ1v) is 12.0. The molecule has 2 heterocycles. The van der Waals surface area contributed by atoms with Gasteiger partial charge in [0, 0.05) is 17.4 Å². The van der Waals surface area contributed by atoms with Crippen LogP contribution in [0.3, 0.4) is 0 Å². The summed E-state index contributed by atoms with van der Waals surface area (Å²) in [4.78, 5) is 25.1. The van der Waals surface area contributed by atoms with Crippen molar-refractivity contribution in [2.75, 3.05) is 30.5 Å². The van der Waals surface area contributed by atoms with Crippen LogP contribution >= 0.6 is 11.3 Å². The second kappa shape index (κ2) is 8.96. The van der Waals surface area contributed by atoms with Crippen molar-refractivity contribution in [3.05, 3.63) is 35.2 Å². The number of esters is 1. The summed E-state index contributed by atoms with van der Waals surface area (Å²) < 4.78 is 33.6. The third-order valence-corrected chi connectivity index (χ3v) is 7.46. The second-order valence-electron chi connectivity index (χ2n) is 6.82. The van der Waals surface area contributed by atoms with Crippen LogP contribution in [0.15, 0.2) is 29.6 Å². The van der Waals surface area contributed by atoms with Crippen LogP contribution in [-0.4, -0.2) is 45.5 Å². The number of methoxy groups -OCH3 is 1. The Morgan fingerprint density at radius 3 is 2.55 bits per heavy atom. The van der Waals surface area contributed by atoms with Gasteiger partial charge in [-0.15, -0.1) is 11.3 Å². The Balaban J connectivity index is 1.83. The molecule has 0 bridgehead atoms. The van der Waals surface area contributed by atoms with Gasteiger partial charge in [0.2, 0.25) is 5.91 Å². The molecule has 29 heavy (non-hydrogen) atoms. The van der Waals surface area contributed by atoms with E-state index >= 15 is 0 Å². The molecule has 1 aromatic carbocycles. The fraction of sp³-hybridized carbons (Fsp3) is 0.400. The molecule has 1 amide bonds. The number of anilines is 1. The lowest BCUT2D eigenvalue weighted by molar-refractivity contribution is -0.116. The van der Waals surface area contributed by atoms with Crippen LogP contribution < -0.4 is 10.1 Å². The lowest BCUT2D eigenvalue weighted by Crippen LogP contribution is -2.18. The minimum absolute atomic E-state index is 0.0344. The Labute approximate surface area is 173 Å². The van der Waals surface area contributed by atoms with Crippen molar-refractivity contribution < 1.29 is 27.5 Å². The normalized spacial score (nSPS) is 17.7. The zero-order chi connectivity index (χ0) is 21.0. The van der Waals surface area contributed by atoms with Crippen LogP contribution in [0.25, 0.3) is 11.1 Å². The van der Waals surface area contributed by atoms with Crippen LogP contribution in [0.2, 0.25) is 0 Å². The standard InChI is InChI=1S/C20H23NO6S2/c1-3-27-20(23)18-16(14-4-6-15(26-2)7-5-14)11-28-19(18)21-17(22)10-13-8-9-29(24,25)12-13/h4-7,11,13H,3,8-10,12H2,1-2H3,(H,21,22)/t13-/m0/s1. The zero-order valence-electron chi connectivity index (χ0n) is 16.3. The van der Waals surface area contributed by atoms with Crippen molar-refractivity contribution in [2.45, 2.75) is 19.8 Å². The van der Waals surface area contributed by atoms with Crippen LogP contribution in [0.1, 0.15) is 30.1 Å². The second-order valence-corrected chi connectivity index (χ2v) is 9.93. The highest BCUT2D eigenvalue weighted by Crippen LogP contribution is 2.37. The molecule has 0 saturated carbocycles. The fourth-order valence-electron chi connectivity index (χ4n) is 3.31. The number of rotatable bonds is 7. The van der Waals surface area contributed by atoms with Crippen LogP contribution in [0.5, 0.6) is 5.75 Å². The highest BCUT2D eigenvalue weighted by Gasteiger charge is 2.30. The molecule has 1 aliphatic heterocycles. The van der Waals surface area contributed by atoms with Gasteiger partial charge in [0.25, 0.3) is 0 Å². The van der Waals surface area contributed by atoms with Crippen molar-refractivity contribution in [1.82, 2.24) is 0 Å². The third kappa shape index (κ3) is 5.16. The maximum Gasteiger partial charge on any atom is 0.341 e. The molecule has 1 aliphatic rings. The van der Waals surface area contributed by atoms with E-state index in [-0.39, 0.29) is 36.4 Å². The number of ether oxygens (including phenoxy) is 2. The number of nitrogens with one attached hydrogen (secondary N) is 1. The molecular formula is C20H23NO6S2. The number of carbonyl (C=O) groups is 2. The SMILES string of the molecule is CCOC(=O)c1c(-c2ccc(OC)cc2)csc1NC(=O)C[C@@H]1CCS(=O)(=O)C1. The average molecular weight is 438 g/mol. The summed E-state index contributed by atoms with van der Waals surface area (Å²) >= 11 is 1.24. The van der Waals surface area contributed by atoms with Crippen molar-refractivity contribution >= 4 is 38.1 Å². The highest BCUT2D eigenvalue weighted by molar-refractivity contribution is 7.91. The van der Waals surface area contributed by atoms with Crippen LogP contribution in [0, 0.1) is 5.92 Å². The van der Waals surface area contributed by atoms with Crippen molar-refractivity contribution in [3.8, 4) is 16.9 Å². The molecule has 1 aromatic heterocycles. The minimum Gasteiger partial charge on any atom is -0.497 e. The number of thiophene rings is 1. The Hall–Kier alpha value is -2.39. The van der Waals surface area contributed by atoms with E-state index in [9.17, 15) is 18.0 Å². The van der Waals surface area contributed by atoms with E-state index < -0.39 is 15.8 Å². The van der Waals surface area contributed by atoms with Gasteiger partial charge in [0.1, 0.15) is 16.3 Å². The van der Waals surface area contributed by atoms with Gasteiger partial charge in [-0.05, 0) is 37.0 Å². The molecule has 2 aromatic rings. The number of amides is 1. The van der Waals surface area contributed by atoms with E-state index in [0.717, 1.165) is 5.56 Å². The molecule has 7 nitrogen and oxygen atoms in total. The molecule has 1 saturated heterocycles. The maximum absolute atomic E-state index is 12.6. The summed E-state index contributed by atoms with van der Waals surface area (Å²) in [5.74, 6) is -0.153. The van der Waals surface area contributed by atoms with E-state index in [0.29, 0.717) is 28.3 Å². The van der Waals surface area contributed by atoms with E-state index in [2.05, 4.69) is 5.32 Å². The smallest absolute Gasteiger partial charge is 0.341 e. The predicted octanol–water partition coefficient (Wildman–Crippen LogP) is 3.36. The van der Waals surface area contributed by atoms with Gasteiger partial charge in [0.05, 0.1) is 25.2 Å². The Morgan fingerprint density at radius 1 is 1.24 bits per heavy atom. The molecule has 0 aliphatic carbocycles. The van der Waals surface area contributed by atoms with Gasteiger partial charge in [-0.3, -0.25) is 4.79 Å². The van der Waals surface area contributed by atoms with Gasteiger partial charge < -0.3 is 14.8 Å². The topological polar surface area (TPSA) is 98.8 Å². The lowest BCUT2D eigenvalue weighted by atomic mass is 10.0. The summed E-state index contributed by atoms with van der Waals surface area (Å²) in [6.45, 7) is 1.93. The van der Waals surface area contributed by atoms with E-state index in [1.165, 1.54) is 11.3 Å². The summed E-state index contributed by atoms with van der Waals surface area (Å²) in [5.41, 5.74) is 1.76. The summed E-state index contributed by atoms with van der Waals surface area (Å²) in [5, 5.41) is 4.97. The third-order valence-electron chi connectivity index (χ3n) is 4.73. The van der Waals surface area contributed by atoms with E-state index in [1.807, 2.05) is 12.1 Å². The van der Waals surface area contributed by atoms with Gasteiger partial charge in [0.15, 0.2) is 9.84 Å². The average Bonchev–Trinajstić information content (AvgIpc) is 3.24. The molecule has 0 unspecified atom stereocenters. The molecule has 3 rings (SSSR count). The molecule has 1 N–H and O–H groups in total. The van der Waals surface area contributed by atoms with Crippen molar-refractivity contribution in [2.24, 2.45) is 5.92 Å². The predicted molar refractivity (Wildman–Crippen MR) is 112 cm³/mol. The van der Waals surface area contributed by atoms with Crippen LogP contribution in [0.4, 0.5) is 5.00 Å². The first kappa shape index (κ1) is 21.3. The van der Waals surface area contributed by atoms with Crippen LogP contribution in [-0.2, 0) is 19.4 Å². The van der Waals surface area contributed by atoms with Gasteiger partial charge in [-0.1, -0.05) is 12.1 Å². The van der Waals surface area contributed by atoms with Gasteiger partial charge in [-0.25, -0.2) is 13.2 Å². The molecule has 1 atom stereocenters. The summed E-state index contributed by atoms with van der Waals surface area (Å²) in [6.07, 6.45) is 0.597. The number of carbonyl (C=O) groups excluding carboxylic acids is 2. The highest BCUT2D eigenvalue weighted by atomic mass is 32.2. The quantitative estimate of drug-likeness (QED) is 0.667. The van der Waals surface area contributed by atoms with E-state index in [1.54, 1.807) is 31.5 Å². The molecule has 0 radical (unpaired) electrons. The fourth-order valence-corrected chi connectivity index (χ4v) is 6.15. The number of sulfone groups is 1. The number of benzene rings is 1. The van der Waals surface area contributed by atoms with Crippen molar-refractivity contribution in [3.63, 3.8) is 0 Å². The Bertz CT molecular complexity index is 994. The number of hydrogen-bond donors (Lipinski definition) is 1. The van der Waals surface area contributed by atoms with Gasteiger partial charge >= 0.3 is 5.97 Å². The monoisotopic (exact) mass is 437 g/mol. The van der Waals surface area contributed by atoms with E-state index in [4.69, 9.17) is 9.47 Å². The zero-order valence-corrected chi connectivity index (χ0v) is 17.9. The molecule has 0 spiro atoms. The molecule has 1 fully saturated rings. The Kier molecular flexibility index (Phi) is 6.59. The maximum atomic E-state index is 12.6. The van der Waals surface area contributed by atoms with Crippen molar-refractivity contribution in [1.29, 1.82) is 0 Å². The number of hydrogen-bond acceptors (Lipinski definition) is 7. The largest absolute Gasteiger partial charge is 0.497 e. The molecular weight excluding hydrogens is 414 g/mol. The minimum atomic E-state index is -3.04. The summed E-state index contributed by atoms with van der Waals surface area (Å²) in [6, 6.07) is 7.25. The van der Waals surface area contributed by atoms with Gasteiger partial charge in [-0.2, -0.15) is 0 Å². The first-order valence-electron chi connectivity index (χ1n) is 9.26. The lowest BCUT2D eigenvalue weighted by Gasteiger charge is -2.11.